The van der Waals surface area contributed by atoms with Crippen molar-refractivity contribution < 1.29 is 14.6 Å². The molecule has 25 heavy (non-hydrogen) atoms. The second-order valence-corrected chi connectivity index (χ2v) is 7.16. The first-order valence-electron chi connectivity index (χ1n) is 8.67. The van der Waals surface area contributed by atoms with Gasteiger partial charge < -0.3 is 20.1 Å². The monoisotopic (exact) mass is 360 g/mol. The number of ether oxygens (including phenoxy) is 1. The maximum atomic E-state index is 12.5. The zero-order chi connectivity index (χ0) is 17.6. The summed E-state index contributed by atoms with van der Waals surface area (Å²) in [6.45, 7) is 3.84. The van der Waals surface area contributed by atoms with Gasteiger partial charge in [-0.2, -0.15) is 0 Å². The van der Waals surface area contributed by atoms with Gasteiger partial charge in [0.05, 0.1) is 12.7 Å². The number of nitrogens with zero attached hydrogens (tertiary/aromatic N) is 1. The van der Waals surface area contributed by atoms with Gasteiger partial charge >= 0.3 is 6.03 Å². The Morgan fingerprint density at radius 3 is 2.84 bits per heavy atom. The zero-order valence-electron chi connectivity index (χ0n) is 14.4. The Morgan fingerprint density at radius 2 is 2.16 bits per heavy atom. The van der Waals surface area contributed by atoms with E-state index in [-0.39, 0.29) is 11.9 Å². The van der Waals surface area contributed by atoms with Crippen LogP contribution >= 0.6 is 11.3 Å². The molecule has 0 saturated carbocycles. The number of benzene rings is 1. The lowest BCUT2D eigenvalue weighted by Gasteiger charge is -2.34. The van der Waals surface area contributed by atoms with E-state index in [0.717, 1.165) is 29.2 Å². The molecule has 1 fully saturated rings. The molecule has 134 valence electrons. The van der Waals surface area contributed by atoms with E-state index in [1.54, 1.807) is 11.3 Å². The molecule has 1 aromatic carbocycles. The second kappa shape index (κ2) is 8.36. The summed E-state index contributed by atoms with van der Waals surface area (Å²) in [7, 11) is 0. The zero-order valence-corrected chi connectivity index (χ0v) is 15.2. The van der Waals surface area contributed by atoms with Gasteiger partial charge in [0.25, 0.3) is 0 Å². The van der Waals surface area contributed by atoms with Crippen molar-refractivity contribution in [3.8, 4) is 5.75 Å². The number of hydrogen-bond acceptors (Lipinski definition) is 4. The van der Waals surface area contributed by atoms with Crippen LogP contribution in [0.25, 0.3) is 0 Å². The van der Waals surface area contributed by atoms with Crippen LogP contribution in [0.5, 0.6) is 5.75 Å². The average Bonchev–Trinajstić information content (AvgIpc) is 3.16. The van der Waals surface area contributed by atoms with Gasteiger partial charge in [-0.3, -0.25) is 0 Å². The van der Waals surface area contributed by atoms with Crippen molar-refractivity contribution in [3.05, 3.63) is 46.7 Å². The fourth-order valence-corrected chi connectivity index (χ4v) is 3.95. The highest BCUT2D eigenvalue weighted by molar-refractivity contribution is 7.10. The molecule has 5 nitrogen and oxygen atoms in total. The van der Waals surface area contributed by atoms with Gasteiger partial charge in [0.1, 0.15) is 5.75 Å². The number of urea groups is 1. The Kier molecular flexibility index (Phi) is 5.94. The molecular weight excluding hydrogens is 336 g/mol. The SMILES string of the molecule is CCOc1cccc(NC(=O)N2CCC(C(O)c3cccs3)CC2)c1. The molecule has 2 heterocycles. The normalized spacial score (nSPS) is 16.5. The van der Waals surface area contributed by atoms with Gasteiger partial charge in [0.15, 0.2) is 0 Å². The number of aliphatic hydroxyl groups excluding tert-OH is 1. The summed E-state index contributed by atoms with van der Waals surface area (Å²) in [5.74, 6) is 0.960. The molecule has 0 spiro atoms. The van der Waals surface area contributed by atoms with Crippen LogP contribution in [0.1, 0.15) is 30.7 Å². The Labute approximate surface area is 152 Å². The van der Waals surface area contributed by atoms with Gasteiger partial charge in [0, 0.05) is 29.7 Å². The predicted octanol–water partition coefficient (Wildman–Crippen LogP) is 4.12. The van der Waals surface area contributed by atoms with Gasteiger partial charge in [-0.25, -0.2) is 4.79 Å². The summed E-state index contributed by atoms with van der Waals surface area (Å²) >= 11 is 1.58. The quantitative estimate of drug-likeness (QED) is 0.843. The highest BCUT2D eigenvalue weighted by Crippen LogP contribution is 2.33. The Morgan fingerprint density at radius 1 is 1.36 bits per heavy atom. The van der Waals surface area contributed by atoms with Crippen molar-refractivity contribution in [1.29, 1.82) is 0 Å². The first-order valence-corrected chi connectivity index (χ1v) is 9.55. The predicted molar refractivity (Wildman–Crippen MR) is 100 cm³/mol. The van der Waals surface area contributed by atoms with Crippen LogP contribution in [0.4, 0.5) is 10.5 Å². The van der Waals surface area contributed by atoms with Crippen LogP contribution in [0.3, 0.4) is 0 Å². The first kappa shape index (κ1) is 17.8. The summed E-state index contributed by atoms with van der Waals surface area (Å²) in [4.78, 5) is 15.3. The number of amides is 2. The number of aliphatic hydroxyl groups is 1. The number of nitrogens with one attached hydrogen (secondary N) is 1. The van der Waals surface area contributed by atoms with Crippen LogP contribution < -0.4 is 10.1 Å². The number of rotatable bonds is 5. The molecule has 0 radical (unpaired) electrons. The number of hydrogen-bond donors (Lipinski definition) is 2. The van der Waals surface area contributed by atoms with Crippen LogP contribution in [-0.2, 0) is 0 Å². The number of thiophene rings is 1. The third-order valence-corrected chi connectivity index (χ3v) is 5.45. The topological polar surface area (TPSA) is 61.8 Å². The van der Waals surface area contributed by atoms with Gasteiger partial charge in [0.2, 0.25) is 0 Å². The highest BCUT2D eigenvalue weighted by atomic mass is 32.1. The lowest BCUT2D eigenvalue weighted by Crippen LogP contribution is -2.42. The number of anilines is 1. The first-order chi connectivity index (χ1) is 12.2. The number of piperidine rings is 1. The molecule has 2 N–H and O–H groups in total. The van der Waals surface area contributed by atoms with E-state index in [9.17, 15) is 9.90 Å². The molecule has 1 aromatic heterocycles. The molecule has 6 heteroatoms. The van der Waals surface area contributed by atoms with Crippen molar-refractivity contribution in [2.24, 2.45) is 5.92 Å². The van der Waals surface area contributed by atoms with E-state index in [2.05, 4.69) is 5.32 Å². The van der Waals surface area contributed by atoms with Crippen molar-refractivity contribution >= 4 is 23.1 Å². The third kappa shape index (κ3) is 4.52. The minimum absolute atomic E-state index is 0.0993. The number of carbonyl (C=O) groups is 1. The van der Waals surface area contributed by atoms with Crippen molar-refractivity contribution in [3.63, 3.8) is 0 Å². The maximum Gasteiger partial charge on any atom is 0.321 e. The van der Waals surface area contributed by atoms with E-state index in [1.807, 2.05) is 53.6 Å². The summed E-state index contributed by atoms with van der Waals surface area (Å²) < 4.78 is 5.46. The minimum Gasteiger partial charge on any atom is -0.494 e. The number of carbonyl (C=O) groups excluding carboxylic acids is 1. The summed E-state index contributed by atoms with van der Waals surface area (Å²) in [6.07, 6.45) is 1.20. The molecule has 1 aliphatic heterocycles. The molecular formula is C19H24N2O3S. The Balaban J connectivity index is 1.52. The van der Waals surface area contributed by atoms with Crippen LogP contribution in [-0.4, -0.2) is 35.7 Å². The standard InChI is InChI=1S/C19H24N2O3S/c1-2-24-16-6-3-5-15(13-16)20-19(23)21-10-8-14(9-11-21)18(22)17-7-4-12-25-17/h3-7,12-14,18,22H,2,8-11H2,1H3,(H,20,23). The molecule has 1 aliphatic rings. The van der Waals surface area contributed by atoms with Crippen LogP contribution in [0.15, 0.2) is 41.8 Å². The molecule has 0 bridgehead atoms. The summed E-state index contributed by atoms with van der Waals surface area (Å²) in [5.41, 5.74) is 0.733. The van der Waals surface area contributed by atoms with Crippen molar-refractivity contribution in [2.75, 3.05) is 25.0 Å². The summed E-state index contributed by atoms with van der Waals surface area (Å²) in [5, 5.41) is 15.4. The van der Waals surface area contributed by atoms with Crippen molar-refractivity contribution in [2.45, 2.75) is 25.9 Å². The smallest absolute Gasteiger partial charge is 0.321 e. The van der Waals surface area contributed by atoms with Crippen LogP contribution in [0.2, 0.25) is 0 Å². The molecule has 2 amide bonds. The van der Waals surface area contributed by atoms with E-state index < -0.39 is 6.10 Å². The van der Waals surface area contributed by atoms with Gasteiger partial charge in [-0.1, -0.05) is 12.1 Å². The molecule has 2 aromatic rings. The van der Waals surface area contributed by atoms with Gasteiger partial charge in [-0.15, -0.1) is 11.3 Å². The van der Waals surface area contributed by atoms with E-state index >= 15 is 0 Å². The molecule has 3 rings (SSSR count). The van der Waals surface area contributed by atoms with Gasteiger partial charge in [-0.05, 0) is 49.3 Å². The fourth-order valence-electron chi connectivity index (χ4n) is 3.14. The van der Waals surface area contributed by atoms with Crippen LogP contribution in [0, 0.1) is 5.92 Å². The van der Waals surface area contributed by atoms with E-state index in [0.29, 0.717) is 19.7 Å². The number of likely N-dealkylation sites (tertiary alicyclic amines) is 1. The second-order valence-electron chi connectivity index (χ2n) is 6.18. The summed E-state index contributed by atoms with van der Waals surface area (Å²) in [6, 6.07) is 11.3. The molecule has 0 aliphatic carbocycles. The lowest BCUT2D eigenvalue weighted by molar-refractivity contribution is 0.0708. The van der Waals surface area contributed by atoms with E-state index in [1.165, 1.54) is 0 Å². The fraction of sp³-hybridized carbons (Fsp3) is 0.421. The molecule has 1 unspecified atom stereocenters. The molecule has 1 atom stereocenters. The largest absolute Gasteiger partial charge is 0.494 e. The maximum absolute atomic E-state index is 12.5. The lowest BCUT2D eigenvalue weighted by atomic mass is 9.90. The molecule has 1 saturated heterocycles. The van der Waals surface area contributed by atoms with Crippen molar-refractivity contribution in [1.82, 2.24) is 4.90 Å². The third-order valence-electron chi connectivity index (χ3n) is 4.50. The Bertz CT molecular complexity index is 682. The van der Waals surface area contributed by atoms with E-state index in [4.69, 9.17) is 4.74 Å². The highest BCUT2D eigenvalue weighted by Gasteiger charge is 2.28. The average molecular weight is 360 g/mol. The Hall–Kier alpha value is -2.05. The minimum atomic E-state index is -0.423.